The number of esters is 1. The molecule has 0 rings (SSSR count). The van der Waals surface area contributed by atoms with Gasteiger partial charge >= 0.3 is 5.97 Å². The molecule has 3 nitrogen and oxygen atoms in total. The van der Waals surface area contributed by atoms with E-state index in [0.717, 1.165) is 0 Å². The highest BCUT2D eigenvalue weighted by molar-refractivity contribution is 5.74. The predicted molar refractivity (Wildman–Crippen MR) is 37.5 cm³/mol. The molecule has 0 aliphatic carbocycles. The Balaban J connectivity index is 3.50. The predicted octanol–water partition coefficient (Wildman–Crippen LogP) is 0.486. The molecule has 3 heteroatoms. The Hall–Kier alpha value is -0.830. The summed E-state index contributed by atoms with van der Waals surface area (Å²) in [6.45, 7) is 3.45. The van der Waals surface area contributed by atoms with Crippen molar-refractivity contribution in [3.8, 4) is 0 Å². The van der Waals surface area contributed by atoms with Gasteiger partial charge in [-0.05, 0) is 12.8 Å². The second kappa shape index (κ2) is 4.99. The third-order valence-corrected chi connectivity index (χ3v) is 1.12. The molecule has 0 unspecified atom stereocenters. The molecule has 0 heterocycles. The number of aliphatic hydroxyl groups excluding tert-OH is 1. The molecule has 1 N–H and O–H groups in total. The van der Waals surface area contributed by atoms with E-state index < -0.39 is 12.1 Å². The summed E-state index contributed by atoms with van der Waals surface area (Å²) in [4.78, 5) is 10.5. The van der Waals surface area contributed by atoms with E-state index in [9.17, 15) is 4.79 Å². The summed E-state index contributed by atoms with van der Waals surface area (Å²) in [5, 5.41) is 8.93. The molecule has 0 saturated heterocycles. The summed E-state index contributed by atoms with van der Waals surface area (Å²) in [7, 11) is 1.25. The standard InChI is InChI=1S/C7H12O3/c1-3-4-5-6(8)7(9)10-2/h3,6,8H,1,4-5H2,2H3/t6-/m0/s1. The first-order chi connectivity index (χ1) is 4.72. The molecule has 0 spiro atoms. The van der Waals surface area contributed by atoms with Crippen LogP contribution in [0.25, 0.3) is 0 Å². The smallest absolute Gasteiger partial charge is 0.334 e. The van der Waals surface area contributed by atoms with Crippen LogP contribution in [-0.2, 0) is 9.53 Å². The van der Waals surface area contributed by atoms with E-state index in [0.29, 0.717) is 12.8 Å². The number of carbonyl (C=O) groups is 1. The molecule has 0 saturated carbocycles. The van der Waals surface area contributed by atoms with Gasteiger partial charge in [0.2, 0.25) is 0 Å². The Morgan fingerprint density at radius 3 is 2.90 bits per heavy atom. The maximum atomic E-state index is 10.5. The number of rotatable bonds is 4. The van der Waals surface area contributed by atoms with Gasteiger partial charge in [-0.15, -0.1) is 6.58 Å². The van der Waals surface area contributed by atoms with E-state index in [4.69, 9.17) is 5.11 Å². The van der Waals surface area contributed by atoms with E-state index in [2.05, 4.69) is 11.3 Å². The topological polar surface area (TPSA) is 46.5 Å². The minimum Gasteiger partial charge on any atom is -0.467 e. The van der Waals surface area contributed by atoms with Crippen LogP contribution in [-0.4, -0.2) is 24.3 Å². The molecule has 58 valence electrons. The Kier molecular flexibility index (Phi) is 4.58. The van der Waals surface area contributed by atoms with E-state index in [-0.39, 0.29) is 0 Å². The molecule has 0 fully saturated rings. The summed E-state index contributed by atoms with van der Waals surface area (Å²) >= 11 is 0. The molecule has 0 aliphatic rings. The Morgan fingerprint density at radius 2 is 2.50 bits per heavy atom. The third kappa shape index (κ3) is 3.25. The second-order valence-corrected chi connectivity index (χ2v) is 1.90. The number of hydrogen-bond donors (Lipinski definition) is 1. The van der Waals surface area contributed by atoms with Crippen molar-refractivity contribution in [1.82, 2.24) is 0 Å². The number of methoxy groups -OCH3 is 1. The zero-order chi connectivity index (χ0) is 7.98. The maximum absolute atomic E-state index is 10.5. The Morgan fingerprint density at radius 1 is 1.90 bits per heavy atom. The zero-order valence-electron chi connectivity index (χ0n) is 6.04. The van der Waals surface area contributed by atoms with E-state index in [1.165, 1.54) is 7.11 Å². The fraction of sp³-hybridized carbons (Fsp3) is 0.571. The summed E-state index contributed by atoms with van der Waals surface area (Å²) < 4.78 is 4.29. The normalized spacial score (nSPS) is 12.2. The lowest BCUT2D eigenvalue weighted by Crippen LogP contribution is -2.21. The van der Waals surface area contributed by atoms with Crippen molar-refractivity contribution in [2.45, 2.75) is 18.9 Å². The van der Waals surface area contributed by atoms with Crippen LogP contribution < -0.4 is 0 Å². The van der Waals surface area contributed by atoms with Gasteiger partial charge in [0, 0.05) is 0 Å². The van der Waals surface area contributed by atoms with Gasteiger partial charge in [0.15, 0.2) is 6.10 Å². The number of ether oxygens (including phenoxy) is 1. The molecular weight excluding hydrogens is 132 g/mol. The van der Waals surface area contributed by atoms with Crippen LogP contribution in [0.15, 0.2) is 12.7 Å². The average molecular weight is 144 g/mol. The highest BCUT2D eigenvalue weighted by atomic mass is 16.5. The fourth-order valence-corrected chi connectivity index (χ4v) is 0.530. The van der Waals surface area contributed by atoms with Crippen LogP contribution in [0.2, 0.25) is 0 Å². The van der Waals surface area contributed by atoms with Crippen molar-refractivity contribution >= 4 is 5.97 Å². The quantitative estimate of drug-likeness (QED) is 0.461. The lowest BCUT2D eigenvalue weighted by Gasteiger charge is -2.04. The summed E-state index contributed by atoms with van der Waals surface area (Å²) in [5.74, 6) is -0.582. The van der Waals surface area contributed by atoms with Crippen LogP contribution in [0, 0.1) is 0 Å². The van der Waals surface area contributed by atoms with E-state index in [1.807, 2.05) is 0 Å². The van der Waals surface area contributed by atoms with Crippen molar-refractivity contribution in [3.63, 3.8) is 0 Å². The molecule has 0 bridgehead atoms. The number of aliphatic hydroxyl groups is 1. The Labute approximate surface area is 60.3 Å². The van der Waals surface area contributed by atoms with Crippen LogP contribution in [0.1, 0.15) is 12.8 Å². The van der Waals surface area contributed by atoms with Gasteiger partial charge in [-0.25, -0.2) is 4.79 Å². The SMILES string of the molecule is C=CCC[C@H](O)C(=O)OC. The second-order valence-electron chi connectivity index (χ2n) is 1.90. The first-order valence-corrected chi connectivity index (χ1v) is 3.09. The van der Waals surface area contributed by atoms with Crippen LogP contribution in [0.5, 0.6) is 0 Å². The van der Waals surface area contributed by atoms with Crippen molar-refractivity contribution in [2.75, 3.05) is 7.11 Å². The van der Waals surface area contributed by atoms with Gasteiger partial charge in [-0.1, -0.05) is 6.08 Å². The Bertz CT molecular complexity index is 120. The van der Waals surface area contributed by atoms with Crippen molar-refractivity contribution in [1.29, 1.82) is 0 Å². The molecule has 0 aromatic heterocycles. The van der Waals surface area contributed by atoms with Gasteiger partial charge in [-0.2, -0.15) is 0 Å². The van der Waals surface area contributed by atoms with Gasteiger partial charge in [0.1, 0.15) is 0 Å². The van der Waals surface area contributed by atoms with Gasteiger partial charge < -0.3 is 9.84 Å². The molecule has 0 radical (unpaired) electrons. The van der Waals surface area contributed by atoms with Gasteiger partial charge in [-0.3, -0.25) is 0 Å². The molecule has 0 aromatic rings. The molecule has 1 atom stereocenters. The average Bonchev–Trinajstić information content (AvgIpc) is 1.98. The first-order valence-electron chi connectivity index (χ1n) is 3.09. The molecule has 0 aromatic carbocycles. The number of carbonyl (C=O) groups excluding carboxylic acids is 1. The molecule has 10 heavy (non-hydrogen) atoms. The van der Waals surface area contributed by atoms with Gasteiger partial charge in [0.05, 0.1) is 7.11 Å². The van der Waals surface area contributed by atoms with Crippen LogP contribution in [0.4, 0.5) is 0 Å². The van der Waals surface area contributed by atoms with Gasteiger partial charge in [0.25, 0.3) is 0 Å². The first kappa shape index (κ1) is 9.17. The lowest BCUT2D eigenvalue weighted by atomic mass is 10.2. The monoisotopic (exact) mass is 144 g/mol. The number of hydrogen-bond acceptors (Lipinski definition) is 3. The van der Waals surface area contributed by atoms with Crippen molar-refractivity contribution in [3.05, 3.63) is 12.7 Å². The highest BCUT2D eigenvalue weighted by Crippen LogP contribution is 1.98. The minimum atomic E-state index is -0.997. The fourth-order valence-electron chi connectivity index (χ4n) is 0.530. The van der Waals surface area contributed by atoms with Crippen LogP contribution in [0.3, 0.4) is 0 Å². The third-order valence-electron chi connectivity index (χ3n) is 1.12. The summed E-state index contributed by atoms with van der Waals surface area (Å²) in [5.41, 5.74) is 0. The zero-order valence-corrected chi connectivity index (χ0v) is 6.04. The van der Waals surface area contributed by atoms with Crippen molar-refractivity contribution < 1.29 is 14.6 Å². The highest BCUT2D eigenvalue weighted by Gasteiger charge is 2.12. The molecule has 0 amide bonds. The van der Waals surface area contributed by atoms with Crippen molar-refractivity contribution in [2.24, 2.45) is 0 Å². The largest absolute Gasteiger partial charge is 0.467 e. The lowest BCUT2D eigenvalue weighted by molar-refractivity contribution is -0.150. The van der Waals surface area contributed by atoms with Crippen LogP contribution >= 0.6 is 0 Å². The molecule has 0 aliphatic heterocycles. The summed E-state index contributed by atoms with van der Waals surface area (Å²) in [6.07, 6.45) is 1.65. The molecular formula is C7H12O3. The maximum Gasteiger partial charge on any atom is 0.334 e. The van der Waals surface area contributed by atoms with E-state index >= 15 is 0 Å². The number of allylic oxidation sites excluding steroid dienone is 1. The minimum absolute atomic E-state index is 0.385. The van der Waals surface area contributed by atoms with E-state index in [1.54, 1.807) is 6.08 Å². The summed E-state index contributed by atoms with van der Waals surface area (Å²) in [6, 6.07) is 0.